The Morgan fingerprint density at radius 3 is 2.23 bits per heavy atom. The van der Waals surface area contributed by atoms with Crippen LogP contribution < -0.4 is 19.5 Å². The van der Waals surface area contributed by atoms with Crippen LogP contribution in [-0.2, 0) is 10.0 Å². The van der Waals surface area contributed by atoms with E-state index < -0.39 is 10.0 Å². The van der Waals surface area contributed by atoms with Crippen LogP contribution >= 0.6 is 0 Å². The van der Waals surface area contributed by atoms with Gasteiger partial charge >= 0.3 is 0 Å². The Bertz CT molecular complexity index is 1010. The minimum atomic E-state index is -3.62. The summed E-state index contributed by atoms with van der Waals surface area (Å²) < 4.78 is 43.5. The van der Waals surface area contributed by atoms with Gasteiger partial charge in [-0.15, -0.1) is 0 Å². The molecule has 3 rings (SSSR count). The molecule has 31 heavy (non-hydrogen) atoms. The van der Waals surface area contributed by atoms with Crippen LogP contribution in [0.25, 0.3) is 0 Å². The normalized spacial score (nSPS) is 16.7. The molecule has 2 aromatic rings. The number of hydrogen-bond acceptors (Lipinski definition) is 6. The molecule has 2 aromatic carbocycles. The predicted molar refractivity (Wildman–Crippen MR) is 117 cm³/mol. The number of sulfonamides is 1. The van der Waals surface area contributed by atoms with Crippen molar-refractivity contribution in [1.29, 1.82) is 0 Å². The topological polar surface area (TPSA) is 94.2 Å². The van der Waals surface area contributed by atoms with E-state index in [1.54, 1.807) is 36.4 Å². The summed E-state index contributed by atoms with van der Waals surface area (Å²) in [4.78, 5) is 13.0. The molecule has 1 fully saturated rings. The maximum Gasteiger partial charge on any atom is 0.251 e. The van der Waals surface area contributed by atoms with E-state index in [1.165, 1.54) is 25.6 Å². The van der Waals surface area contributed by atoms with Crippen molar-refractivity contribution in [3.8, 4) is 17.2 Å². The third kappa shape index (κ3) is 4.77. The second-order valence-electron chi connectivity index (χ2n) is 7.35. The first kappa shape index (κ1) is 22.9. The monoisotopic (exact) mass is 448 g/mol. The van der Waals surface area contributed by atoms with Gasteiger partial charge in [0.1, 0.15) is 0 Å². The molecular weight excluding hydrogens is 420 g/mol. The molecule has 0 saturated carbocycles. The van der Waals surface area contributed by atoms with Crippen LogP contribution in [0.3, 0.4) is 0 Å². The highest BCUT2D eigenvalue weighted by molar-refractivity contribution is 7.89. The van der Waals surface area contributed by atoms with Gasteiger partial charge in [0.25, 0.3) is 5.91 Å². The zero-order valence-electron chi connectivity index (χ0n) is 18.2. The number of aryl methyl sites for hydroxylation is 1. The number of nitrogens with one attached hydrogen (secondary N) is 1. The summed E-state index contributed by atoms with van der Waals surface area (Å²) in [6, 6.07) is 9.62. The van der Waals surface area contributed by atoms with Crippen molar-refractivity contribution in [2.24, 2.45) is 0 Å². The minimum absolute atomic E-state index is 0.209. The third-order valence-corrected chi connectivity index (χ3v) is 7.34. The van der Waals surface area contributed by atoms with E-state index >= 15 is 0 Å². The fraction of sp³-hybridized carbons (Fsp3) is 0.409. The van der Waals surface area contributed by atoms with Gasteiger partial charge in [0.15, 0.2) is 11.5 Å². The van der Waals surface area contributed by atoms with Crippen LogP contribution in [0.4, 0.5) is 0 Å². The fourth-order valence-electron chi connectivity index (χ4n) is 3.70. The Balaban J connectivity index is 1.74. The average molecular weight is 449 g/mol. The van der Waals surface area contributed by atoms with Crippen molar-refractivity contribution < 1.29 is 27.4 Å². The number of amides is 1. The summed E-state index contributed by atoms with van der Waals surface area (Å²) in [5, 5.41) is 2.85. The summed E-state index contributed by atoms with van der Waals surface area (Å²) in [5.74, 6) is 0.791. The van der Waals surface area contributed by atoms with Gasteiger partial charge in [-0.1, -0.05) is 17.7 Å². The van der Waals surface area contributed by atoms with E-state index in [-0.39, 0.29) is 23.4 Å². The smallest absolute Gasteiger partial charge is 0.251 e. The first-order valence-electron chi connectivity index (χ1n) is 9.98. The Kier molecular flexibility index (Phi) is 7.07. The van der Waals surface area contributed by atoms with Crippen LogP contribution in [0, 0.1) is 6.92 Å². The number of rotatable bonds is 8. The van der Waals surface area contributed by atoms with Gasteiger partial charge in [-0.05, 0) is 44.0 Å². The summed E-state index contributed by atoms with van der Waals surface area (Å²) in [6.07, 6.45) is 1.43. The van der Waals surface area contributed by atoms with E-state index in [0.29, 0.717) is 35.8 Å². The Labute approximate surface area is 183 Å². The van der Waals surface area contributed by atoms with Crippen molar-refractivity contribution in [1.82, 2.24) is 9.62 Å². The van der Waals surface area contributed by atoms with E-state index in [1.807, 2.05) is 6.92 Å². The number of nitrogens with zero attached hydrogens (tertiary/aromatic N) is 1. The predicted octanol–water partition coefficient (Wildman–Crippen LogP) is 2.60. The molecule has 1 N–H and O–H groups in total. The van der Waals surface area contributed by atoms with E-state index in [2.05, 4.69) is 5.32 Å². The Morgan fingerprint density at radius 1 is 1.06 bits per heavy atom. The van der Waals surface area contributed by atoms with E-state index in [0.717, 1.165) is 12.0 Å². The first-order valence-corrected chi connectivity index (χ1v) is 11.4. The van der Waals surface area contributed by atoms with Crippen LogP contribution in [0.2, 0.25) is 0 Å². The van der Waals surface area contributed by atoms with Gasteiger partial charge in [-0.2, -0.15) is 4.31 Å². The molecule has 0 aliphatic carbocycles. The fourth-order valence-corrected chi connectivity index (χ4v) is 5.39. The number of methoxy groups -OCH3 is 3. The lowest BCUT2D eigenvalue weighted by atomic mass is 10.1. The van der Waals surface area contributed by atoms with Crippen molar-refractivity contribution >= 4 is 15.9 Å². The molecule has 0 bridgehead atoms. The zero-order valence-corrected chi connectivity index (χ0v) is 19.0. The molecule has 0 unspecified atom stereocenters. The lowest BCUT2D eigenvalue weighted by molar-refractivity contribution is 0.0945. The van der Waals surface area contributed by atoms with Crippen LogP contribution in [-0.4, -0.2) is 59.1 Å². The largest absolute Gasteiger partial charge is 0.493 e. The van der Waals surface area contributed by atoms with Crippen LogP contribution in [0.1, 0.15) is 28.8 Å². The SMILES string of the molecule is COc1cc(C(=O)NC[C@H]2CCCN2S(=O)(=O)c2ccc(C)cc2)cc(OC)c1OC. The van der Waals surface area contributed by atoms with E-state index in [4.69, 9.17) is 14.2 Å². The van der Waals surface area contributed by atoms with Crippen LogP contribution in [0.15, 0.2) is 41.3 Å². The minimum Gasteiger partial charge on any atom is -0.493 e. The molecule has 0 radical (unpaired) electrons. The standard InChI is InChI=1S/C22H28N2O6S/c1-15-7-9-18(10-8-15)31(26,27)24-11-5-6-17(24)14-23-22(25)16-12-19(28-2)21(30-4)20(13-16)29-3/h7-10,12-13,17H,5-6,11,14H2,1-4H3,(H,23,25)/t17-/m1/s1. The van der Waals surface area contributed by atoms with Crippen molar-refractivity contribution in [2.75, 3.05) is 34.4 Å². The second-order valence-corrected chi connectivity index (χ2v) is 9.24. The van der Waals surface area contributed by atoms with Crippen molar-refractivity contribution in [2.45, 2.75) is 30.7 Å². The Hall–Kier alpha value is -2.78. The molecule has 1 atom stereocenters. The Morgan fingerprint density at radius 2 is 1.68 bits per heavy atom. The highest BCUT2D eigenvalue weighted by Gasteiger charge is 2.35. The molecule has 168 valence electrons. The van der Waals surface area contributed by atoms with Gasteiger partial charge in [-0.3, -0.25) is 4.79 Å². The molecule has 9 heteroatoms. The summed E-state index contributed by atoms with van der Waals surface area (Å²) in [6.45, 7) is 2.55. The molecule has 8 nitrogen and oxygen atoms in total. The maximum atomic E-state index is 13.1. The third-order valence-electron chi connectivity index (χ3n) is 5.38. The quantitative estimate of drug-likeness (QED) is 0.667. The van der Waals surface area contributed by atoms with Gasteiger partial charge < -0.3 is 19.5 Å². The summed E-state index contributed by atoms with van der Waals surface area (Å²) >= 11 is 0. The number of hydrogen-bond donors (Lipinski definition) is 1. The summed E-state index contributed by atoms with van der Waals surface area (Å²) in [7, 11) is 0.822. The average Bonchev–Trinajstić information content (AvgIpc) is 3.26. The number of carbonyl (C=O) groups excluding carboxylic acids is 1. The maximum absolute atomic E-state index is 13.1. The van der Waals surface area contributed by atoms with Gasteiger partial charge in [0.05, 0.1) is 26.2 Å². The molecule has 1 aliphatic heterocycles. The van der Waals surface area contributed by atoms with Crippen molar-refractivity contribution in [3.63, 3.8) is 0 Å². The van der Waals surface area contributed by atoms with Gasteiger partial charge in [0.2, 0.25) is 15.8 Å². The van der Waals surface area contributed by atoms with Crippen LogP contribution in [0.5, 0.6) is 17.2 Å². The highest BCUT2D eigenvalue weighted by atomic mass is 32.2. The molecule has 1 aliphatic rings. The molecule has 0 aromatic heterocycles. The van der Waals surface area contributed by atoms with E-state index in [9.17, 15) is 13.2 Å². The molecular formula is C22H28N2O6S. The lowest BCUT2D eigenvalue weighted by Gasteiger charge is -2.24. The molecule has 1 saturated heterocycles. The number of benzene rings is 2. The zero-order chi connectivity index (χ0) is 22.6. The second kappa shape index (κ2) is 9.57. The number of carbonyl (C=O) groups is 1. The lowest BCUT2D eigenvalue weighted by Crippen LogP contribution is -2.43. The van der Waals surface area contributed by atoms with Gasteiger partial charge in [0, 0.05) is 24.7 Å². The molecule has 1 amide bonds. The van der Waals surface area contributed by atoms with Crippen molar-refractivity contribution in [3.05, 3.63) is 47.5 Å². The molecule has 0 spiro atoms. The highest BCUT2D eigenvalue weighted by Crippen LogP contribution is 2.38. The molecule has 1 heterocycles. The summed E-state index contributed by atoms with van der Waals surface area (Å²) in [5.41, 5.74) is 1.33. The first-order chi connectivity index (χ1) is 14.8. The number of ether oxygens (including phenoxy) is 3. The van der Waals surface area contributed by atoms with Gasteiger partial charge in [-0.25, -0.2) is 8.42 Å².